The van der Waals surface area contributed by atoms with Crippen LogP contribution in [0.5, 0.6) is 0 Å². The van der Waals surface area contributed by atoms with Gasteiger partial charge in [-0.05, 0) is 58.1 Å². The minimum absolute atomic E-state index is 0.109. The number of alkyl carbamates (subject to hydrolysis) is 1. The molecular formula is C25H46N5O7P. The molecular weight excluding hydrogens is 513 g/mol. The van der Waals surface area contributed by atoms with E-state index in [1.54, 1.807) is 26.8 Å². The molecule has 0 saturated carbocycles. The number of hydrogen-bond donors (Lipinski definition) is 2. The molecule has 4 atom stereocenters. The molecule has 2 amide bonds. The highest BCUT2D eigenvalue weighted by Crippen LogP contribution is 2.58. The summed E-state index contributed by atoms with van der Waals surface area (Å²) in [5.74, 6) is -0.285. The van der Waals surface area contributed by atoms with E-state index >= 15 is 0 Å². The molecule has 0 aromatic heterocycles. The van der Waals surface area contributed by atoms with E-state index in [0.29, 0.717) is 18.3 Å². The smallest absolute Gasteiger partial charge is 0.407 e. The maximum absolute atomic E-state index is 13.8. The van der Waals surface area contributed by atoms with Gasteiger partial charge in [0.15, 0.2) is 0 Å². The maximum Gasteiger partial charge on any atom is 0.407 e. The lowest BCUT2D eigenvalue weighted by Crippen LogP contribution is -2.59. The van der Waals surface area contributed by atoms with Gasteiger partial charge in [0.25, 0.3) is 0 Å². The second kappa shape index (κ2) is 16.8. The van der Waals surface area contributed by atoms with Crippen LogP contribution in [0.25, 0.3) is 10.4 Å². The molecule has 2 N–H and O–H groups in total. The molecule has 0 saturated heterocycles. The highest BCUT2D eigenvalue weighted by atomic mass is 31.2. The van der Waals surface area contributed by atoms with Crippen LogP contribution in [-0.2, 0) is 27.9 Å². The Kier molecular flexibility index (Phi) is 15.0. The van der Waals surface area contributed by atoms with Crippen molar-refractivity contribution in [2.75, 3.05) is 20.3 Å². The van der Waals surface area contributed by atoms with E-state index in [0.717, 1.165) is 32.1 Å². The molecule has 12 nitrogen and oxygen atoms in total. The zero-order valence-electron chi connectivity index (χ0n) is 23.9. The Morgan fingerprint density at radius 2 is 1.84 bits per heavy atom. The number of nitrogens with zero attached hydrogens (tertiary/aromatic N) is 3. The molecule has 0 aromatic rings. The number of hydrogen-bond acceptors (Lipinski definition) is 8. The van der Waals surface area contributed by atoms with Gasteiger partial charge in [-0.3, -0.25) is 9.36 Å². The summed E-state index contributed by atoms with van der Waals surface area (Å²) in [4.78, 5) is 27.5. The summed E-state index contributed by atoms with van der Waals surface area (Å²) in [6, 6.07) is -1.30. The molecule has 218 valence electrons. The lowest BCUT2D eigenvalue weighted by molar-refractivity contribution is -0.121. The highest BCUT2D eigenvalue weighted by Gasteiger charge is 2.43. The van der Waals surface area contributed by atoms with Crippen molar-refractivity contribution in [1.29, 1.82) is 0 Å². The van der Waals surface area contributed by atoms with Crippen molar-refractivity contribution in [3.63, 3.8) is 0 Å². The molecule has 1 unspecified atom stereocenters. The second-order valence-corrected chi connectivity index (χ2v) is 12.5. The van der Waals surface area contributed by atoms with Gasteiger partial charge < -0.3 is 29.2 Å². The van der Waals surface area contributed by atoms with E-state index in [9.17, 15) is 14.2 Å². The van der Waals surface area contributed by atoms with Gasteiger partial charge in [-0.25, -0.2) is 4.79 Å². The number of nitrogens with one attached hydrogen (secondary N) is 2. The molecule has 38 heavy (non-hydrogen) atoms. The SMILES string of the molecule is CCC(CC)O[C@@H]1C=C(P(=O)(OC)OCCCCCCN=[N+]=[N-])C[C@H](NC(=O)OC(C)(C)C)[C@H]1NC(C)=O. The number of carbonyl (C=O) groups is 2. The quantitative estimate of drug-likeness (QED) is 0.0773. The molecule has 1 aliphatic rings. The first-order valence-corrected chi connectivity index (χ1v) is 14.9. The molecule has 0 radical (unpaired) electrons. The van der Waals surface area contributed by atoms with Gasteiger partial charge in [-0.2, -0.15) is 0 Å². The van der Waals surface area contributed by atoms with Gasteiger partial charge in [-0.15, -0.1) is 0 Å². The highest BCUT2D eigenvalue weighted by molar-refractivity contribution is 7.58. The molecule has 0 spiro atoms. The van der Waals surface area contributed by atoms with Crippen molar-refractivity contribution in [3.05, 3.63) is 21.8 Å². The van der Waals surface area contributed by atoms with E-state index in [1.807, 2.05) is 13.8 Å². The third-order valence-corrected chi connectivity index (χ3v) is 8.01. The van der Waals surface area contributed by atoms with Crippen molar-refractivity contribution in [2.45, 2.75) is 116 Å². The Morgan fingerprint density at radius 3 is 2.39 bits per heavy atom. The van der Waals surface area contributed by atoms with Crippen LogP contribution < -0.4 is 10.6 Å². The lowest BCUT2D eigenvalue weighted by Gasteiger charge is -2.40. The summed E-state index contributed by atoms with van der Waals surface area (Å²) in [7, 11) is -2.38. The number of ether oxygens (including phenoxy) is 2. The zero-order chi connectivity index (χ0) is 28.8. The average molecular weight is 560 g/mol. The average Bonchev–Trinajstić information content (AvgIpc) is 2.84. The zero-order valence-corrected chi connectivity index (χ0v) is 24.8. The first-order valence-electron chi connectivity index (χ1n) is 13.3. The van der Waals surface area contributed by atoms with E-state index in [-0.39, 0.29) is 25.0 Å². The van der Waals surface area contributed by atoms with Crippen molar-refractivity contribution in [3.8, 4) is 0 Å². The number of amides is 2. The monoisotopic (exact) mass is 559 g/mol. The fourth-order valence-corrected chi connectivity index (χ4v) is 5.74. The van der Waals surface area contributed by atoms with E-state index in [1.165, 1.54) is 14.0 Å². The lowest BCUT2D eigenvalue weighted by atomic mass is 9.92. The van der Waals surface area contributed by atoms with Crippen molar-refractivity contribution < 1.29 is 32.7 Å². The predicted molar refractivity (Wildman–Crippen MR) is 146 cm³/mol. The topological polar surface area (TPSA) is 161 Å². The van der Waals surface area contributed by atoms with Crippen LogP contribution in [-0.4, -0.2) is 62.2 Å². The van der Waals surface area contributed by atoms with Crippen LogP contribution >= 0.6 is 7.60 Å². The van der Waals surface area contributed by atoms with Crippen LogP contribution in [0, 0.1) is 0 Å². The largest absolute Gasteiger partial charge is 0.444 e. The summed E-state index contributed by atoms with van der Waals surface area (Å²) >= 11 is 0. The van der Waals surface area contributed by atoms with E-state index < -0.39 is 37.5 Å². The Labute approximate surface area is 226 Å². The summed E-state index contributed by atoms with van der Waals surface area (Å²) in [5, 5.41) is 9.62. The maximum atomic E-state index is 13.8. The normalized spacial score (nSPS) is 21.2. The molecule has 0 aromatic carbocycles. The van der Waals surface area contributed by atoms with E-state index in [2.05, 4.69) is 20.7 Å². The van der Waals surface area contributed by atoms with Gasteiger partial charge in [0.05, 0.1) is 30.9 Å². The first kappa shape index (κ1) is 33.9. The van der Waals surface area contributed by atoms with Gasteiger partial charge >= 0.3 is 13.7 Å². The number of azide groups is 1. The van der Waals surface area contributed by atoms with Gasteiger partial charge in [0.2, 0.25) is 5.91 Å². The molecule has 13 heteroatoms. The minimum Gasteiger partial charge on any atom is -0.444 e. The minimum atomic E-state index is -3.71. The van der Waals surface area contributed by atoms with Crippen molar-refractivity contribution in [2.24, 2.45) is 5.11 Å². The molecule has 0 bridgehead atoms. The number of unbranched alkanes of at least 4 members (excludes halogenated alkanes) is 3. The van der Waals surface area contributed by atoms with Gasteiger partial charge in [0.1, 0.15) is 5.60 Å². The molecule has 0 heterocycles. The third kappa shape index (κ3) is 12.2. The van der Waals surface area contributed by atoms with Crippen LogP contribution in [0.1, 0.15) is 86.5 Å². The van der Waals surface area contributed by atoms with Gasteiger partial charge in [0, 0.05) is 37.2 Å². The summed E-state index contributed by atoms with van der Waals surface area (Å²) in [6.07, 6.45) is 4.95. The van der Waals surface area contributed by atoms with Gasteiger partial charge in [-0.1, -0.05) is 31.8 Å². The van der Waals surface area contributed by atoms with Crippen LogP contribution in [0.4, 0.5) is 4.79 Å². The fourth-order valence-electron chi connectivity index (χ4n) is 4.11. The molecule has 1 rings (SSSR count). The first-order chi connectivity index (χ1) is 17.9. The third-order valence-electron chi connectivity index (χ3n) is 5.97. The molecule has 1 aliphatic carbocycles. The summed E-state index contributed by atoms with van der Waals surface area (Å²) in [6.45, 7) is 11.3. The summed E-state index contributed by atoms with van der Waals surface area (Å²) in [5.41, 5.74) is 7.62. The van der Waals surface area contributed by atoms with Crippen molar-refractivity contribution >= 4 is 19.6 Å². The predicted octanol–water partition coefficient (Wildman–Crippen LogP) is 5.97. The Balaban J connectivity index is 3.18. The Hall–Kier alpha value is -2.10. The van der Waals surface area contributed by atoms with Crippen LogP contribution in [0.3, 0.4) is 0 Å². The van der Waals surface area contributed by atoms with E-state index in [4.69, 9.17) is 24.1 Å². The number of rotatable bonds is 16. The molecule has 0 fully saturated rings. The standard InChI is InChI=1S/C25H46N5O7P/c1-8-19(9-2)36-22-17-20(38(33,34-7)35-15-13-11-10-12-14-27-30-26)16-21(23(22)28-18(3)31)29-24(32)37-25(4,5)6/h17,19,21-23H,8-16H2,1-7H3,(H,28,31)(H,29,32)/t21-,22+,23+,38?/m0/s1. The molecule has 0 aliphatic heterocycles. The Morgan fingerprint density at radius 1 is 1.18 bits per heavy atom. The Bertz CT molecular complexity index is 882. The summed E-state index contributed by atoms with van der Waals surface area (Å²) < 4.78 is 36.8. The second-order valence-electron chi connectivity index (χ2n) is 10.3. The van der Waals surface area contributed by atoms with Crippen molar-refractivity contribution in [1.82, 2.24) is 10.6 Å². The number of carbonyl (C=O) groups excluding carboxylic acids is 2. The van der Waals surface area contributed by atoms with Crippen LogP contribution in [0.2, 0.25) is 0 Å². The fraction of sp³-hybridized carbons (Fsp3) is 0.840. The van der Waals surface area contributed by atoms with Crippen LogP contribution in [0.15, 0.2) is 16.5 Å².